The molecule has 0 spiro atoms. The Morgan fingerprint density at radius 2 is 2.33 bits per heavy atom. The molecule has 3 rings (SSSR count). The van der Waals surface area contributed by atoms with Gasteiger partial charge in [-0.25, -0.2) is 4.98 Å². The summed E-state index contributed by atoms with van der Waals surface area (Å²) in [6, 6.07) is 4.51. The van der Waals surface area contributed by atoms with Gasteiger partial charge >= 0.3 is 0 Å². The highest BCUT2D eigenvalue weighted by Crippen LogP contribution is 2.31. The molecular formula is C15H22N2O2S2. The van der Waals surface area contributed by atoms with Crippen LogP contribution >= 0.6 is 22.5 Å². The van der Waals surface area contributed by atoms with E-state index in [-0.39, 0.29) is 12.6 Å². The molecule has 2 fully saturated rings. The molecule has 1 aromatic heterocycles. The van der Waals surface area contributed by atoms with Gasteiger partial charge in [-0.15, -0.1) is 11.7 Å². The van der Waals surface area contributed by atoms with Crippen LogP contribution in [-0.2, 0) is 11.3 Å². The van der Waals surface area contributed by atoms with Crippen LogP contribution in [0.3, 0.4) is 0 Å². The van der Waals surface area contributed by atoms with E-state index < -0.39 is 0 Å². The fourth-order valence-corrected chi connectivity index (χ4v) is 3.91. The maximum absolute atomic E-state index is 9.50. The molecule has 2 aliphatic heterocycles. The van der Waals surface area contributed by atoms with Crippen LogP contribution in [0, 0.1) is 0 Å². The number of rotatable bonds is 5. The third-order valence-electron chi connectivity index (χ3n) is 4.51. The lowest BCUT2D eigenvalue weighted by molar-refractivity contribution is 0.151. The van der Waals surface area contributed by atoms with E-state index in [1.54, 1.807) is 0 Å². The van der Waals surface area contributed by atoms with Crippen LogP contribution in [0.15, 0.2) is 17.2 Å². The Labute approximate surface area is 135 Å². The summed E-state index contributed by atoms with van der Waals surface area (Å²) in [5.41, 5.74) is 2.44. The minimum absolute atomic E-state index is 0.239. The zero-order valence-electron chi connectivity index (χ0n) is 12.1. The molecule has 1 aromatic rings. The van der Waals surface area contributed by atoms with E-state index in [1.165, 1.54) is 16.4 Å². The highest BCUT2D eigenvalue weighted by atomic mass is 33.1. The zero-order chi connectivity index (χ0) is 14.7. The van der Waals surface area contributed by atoms with Crippen LogP contribution in [0.2, 0.25) is 0 Å². The van der Waals surface area contributed by atoms with Gasteiger partial charge < -0.3 is 9.84 Å². The van der Waals surface area contributed by atoms with Crippen molar-refractivity contribution in [1.29, 1.82) is 0 Å². The molecule has 6 heteroatoms. The number of ether oxygens (including phenoxy) is 1. The molecule has 0 aromatic carbocycles. The Morgan fingerprint density at radius 1 is 1.43 bits per heavy atom. The first-order valence-corrected chi connectivity index (χ1v) is 9.42. The van der Waals surface area contributed by atoms with Gasteiger partial charge in [-0.2, -0.15) is 0 Å². The fraction of sp³-hybridized carbons (Fsp3) is 0.667. The molecule has 0 amide bonds. The van der Waals surface area contributed by atoms with Gasteiger partial charge in [0.25, 0.3) is 0 Å². The minimum atomic E-state index is 0.239. The molecule has 116 valence electrons. The maximum Gasteiger partial charge on any atom is 0.107 e. The zero-order valence-corrected chi connectivity index (χ0v) is 13.8. The second-order valence-corrected chi connectivity index (χ2v) is 6.93. The van der Waals surface area contributed by atoms with Crippen molar-refractivity contribution in [3.05, 3.63) is 23.4 Å². The molecule has 3 heterocycles. The third kappa shape index (κ3) is 3.56. The highest BCUT2D eigenvalue weighted by molar-refractivity contribution is 8.68. The van der Waals surface area contributed by atoms with E-state index in [1.807, 2.05) is 6.07 Å². The number of likely N-dealkylation sites (tertiary alicyclic amines) is 1. The summed E-state index contributed by atoms with van der Waals surface area (Å²) in [6.45, 7) is 3.75. The van der Waals surface area contributed by atoms with Gasteiger partial charge in [0.15, 0.2) is 0 Å². The molecule has 0 bridgehead atoms. The van der Waals surface area contributed by atoms with E-state index in [2.05, 4.69) is 22.6 Å². The molecule has 2 saturated heterocycles. The Bertz CT molecular complexity index is 481. The van der Waals surface area contributed by atoms with Crippen LogP contribution in [0.1, 0.15) is 36.4 Å². The number of pyridine rings is 1. The smallest absolute Gasteiger partial charge is 0.107 e. The van der Waals surface area contributed by atoms with Crippen LogP contribution < -0.4 is 0 Å². The lowest BCUT2D eigenvalue weighted by Gasteiger charge is -2.24. The summed E-state index contributed by atoms with van der Waals surface area (Å²) in [7, 11) is 1.38. The Balaban J connectivity index is 1.83. The summed E-state index contributed by atoms with van der Waals surface area (Å²) in [5.74, 6) is 0.460. The second kappa shape index (κ2) is 7.33. The van der Waals surface area contributed by atoms with Gasteiger partial charge in [-0.3, -0.25) is 4.90 Å². The predicted octanol–water partition coefficient (Wildman–Crippen LogP) is 2.48. The molecule has 2 atom stereocenters. The number of hydrogen-bond acceptors (Lipinski definition) is 6. The Hall–Kier alpha value is -0.270. The average molecular weight is 326 g/mol. The lowest BCUT2D eigenvalue weighted by Crippen LogP contribution is -2.32. The van der Waals surface area contributed by atoms with Crippen molar-refractivity contribution in [2.75, 3.05) is 26.4 Å². The molecule has 0 saturated carbocycles. The second-order valence-electron chi connectivity index (χ2n) is 5.79. The number of aromatic nitrogens is 1. The van der Waals surface area contributed by atoms with Crippen molar-refractivity contribution in [3.8, 4) is 0 Å². The molecule has 21 heavy (non-hydrogen) atoms. The first-order valence-electron chi connectivity index (χ1n) is 7.55. The Morgan fingerprint density at radius 3 is 3.05 bits per heavy atom. The molecule has 1 N–H and O–H groups in total. The minimum Gasteiger partial charge on any atom is -0.395 e. The predicted molar refractivity (Wildman–Crippen MR) is 87.8 cm³/mol. The van der Waals surface area contributed by atoms with Crippen LogP contribution in [0.4, 0.5) is 0 Å². The monoisotopic (exact) mass is 326 g/mol. The summed E-state index contributed by atoms with van der Waals surface area (Å²) in [4.78, 5) is 7.13. The first kappa shape index (κ1) is 15.6. The van der Waals surface area contributed by atoms with Crippen molar-refractivity contribution < 1.29 is 9.84 Å². The van der Waals surface area contributed by atoms with Crippen molar-refractivity contribution in [2.45, 2.75) is 42.8 Å². The topological polar surface area (TPSA) is 45.6 Å². The summed E-state index contributed by atoms with van der Waals surface area (Å²) < 4.78 is 5.53. The highest BCUT2D eigenvalue weighted by Gasteiger charge is 2.27. The van der Waals surface area contributed by atoms with Crippen LogP contribution in [0.25, 0.3) is 0 Å². The van der Waals surface area contributed by atoms with E-state index >= 15 is 0 Å². The van der Waals surface area contributed by atoms with Gasteiger partial charge in [-0.1, -0.05) is 6.07 Å². The van der Waals surface area contributed by atoms with Crippen molar-refractivity contribution in [1.82, 2.24) is 9.88 Å². The normalized spacial score (nSPS) is 26.6. The van der Waals surface area contributed by atoms with E-state index in [0.29, 0.717) is 5.92 Å². The number of nitrogens with zero attached hydrogens (tertiary/aromatic N) is 2. The van der Waals surface area contributed by atoms with Gasteiger partial charge in [0.2, 0.25) is 0 Å². The molecule has 4 nitrogen and oxygen atoms in total. The molecule has 0 aliphatic carbocycles. The number of thiol groups is 1. The average Bonchev–Trinajstić information content (AvgIpc) is 3.18. The van der Waals surface area contributed by atoms with Crippen LogP contribution in [-0.4, -0.2) is 47.4 Å². The molecule has 0 radical (unpaired) electrons. The lowest BCUT2D eigenvalue weighted by atomic mass is 9.96. The van der Waals surface area contributed by atoms with Crippen LogP contribution in [0.5, 0.6) is 0 Å². The van der Waals surface area contributed by atoms with E-state index in [0.717, 1.165) is 56.3 Å². The van der Waals surface area contributed by atoms with Gasteiger partial charge in [0.05, 0.1) is 18.9 Å². The Kier molecular flexibility index (Phi) is 5.45. The summed E-state index contributed by atoms with van der Waals surface area (Å²) in [5, 5.41) is 10.4. The van der Waals surface area contributed by atoms with Gasteiger partial charge in [-0.05, 0) is 48.2 Å². The van der Waals surface area contributed by atoms with Crippen molar-refractivity contribution in [3.63, 3.8) is 0 Å². The number of hydrogen-bond donors (Lipinski definition) is 2. The fourth-order valence-electron chi connectivity index (χ4n) is 3.32. The van der Waals surface area contributed by atoms with E-state index in [4.69, 9.17) is 9.72 Å². The molecule has 0 unspecified atom stereocenters. The first-order chi connectivity index (χ1) is 10.3. The molecular weight excluding hydrogens is 304 g/mol. The number of aliphatic hydroxyl groups is 1. The van der Waals surface area contributed by atoms with E-state index in [9.17, 15) is 5.11 Å². The quantitative estimate of drug-likeness (QED) is 0.643. The number of aliphatic hydroxyl groups excluding tert-OH is 1. The SMILES string of the molecule is OC[C@H]1CCCN1Cc1nc(SS)ccc1[C@H]1CCOC1. The maximum atomic E-state index is 9.50. The summed E-state index contributed by atoms with van der Waals surface area (Å²) in [6.07, 6.45) is 3.32. The van der Waals surface area contributed by atoms with Gasteiger partial charge in [0, 0.05) is 25.1 Å². The summed E-state index contributed by atoms with van der Waals surface area (Å²) >= 11 is 4.26. The van der Waals surface area contributed by atoms with Crippen molar-refractivity contribution in [2.24, 2.45) is 0 Å². The third-order valence-corrected chi connectivity index (χ3v) is 5.49. The largest absolute Gasteiger partial charge is 0.395 e. The van der Waals surface area contributed by atoms with Crippen molar-refractivity contribution >= 4 is 22.5 Å². The standard InChI is InChI=1S/C15H22N2O2S2/c18-9-12-2-1-6-17(12)8-14-13(11-5-7-19-10-11)3-4-15(16-14)21-20/h3-4,11-12,18,20H,1-2,5-10H2/t11-,12+/m0/s1. The molecule has 2 aliphatic rings. The van der Waals surface area contributed by atoms with Gasteiger partial charge in [0.1, 0.15) is 5.03 Å².